The molecule has 172 valence electrons. The van der Waals surface area contributed by atoms with Gasteiger partial charge in [0.15, 0.2) is 6.61 Å². The lowest BCUT2D eigenvalue weighted by molar-refractivity contribution is -0.143. The number of hydrogen-bond donors (Lipinski definition) is 1. The molecular weight excluding hydrogens is 400 g/mol. The van der Waals surface area contributed by atoms with Gasteiger partial charge < -0.3 is 15.0 Å². The first-order chi connectivity index (χ1) is 15.4. The van der Waals surface area contributed by atoms with Crippen molar-refractivity contribution in [3.05, 3.63) is 64.7 Å². The zero-order chi connectivity index (χ0) is 23.1. The highest BCUT2D eigenvalue weighted by Crippen LogP contribution is 2.20. The van der Waals surface area contributed by atoms with Crippen LogP contribution in [0.15, 0.2) is 42.5 Å². The molecule has 2 amide bonds. The molecule has 3 rings (SSSR count). The van der Waals surface area contributed by atoms with E-state index in [1.54, 1.807) is 4.90 Å². The largest absolute Gasteiger partial charge is 0.484 e. The van der Waals surface area contributed by atoms with Gasteiger partial charge in [0.2, 0.25) is 5.91 Å². The number of aryl methyl sites for hydroxylation is 3. The van der Waals surface area contributed by atoms with Gasteiger partial charge in [-0.05, 0) is 68.9 Å². The van der Waals surface area contributed by atoms with E-state index in [0.29, 0.717) is 18.7 Å². The van der Waals surface area contributed by atoms with Crippen LogP contribution >= 0.6 is 0 Å². The van der Waals surface area contributed by atoms with Gasteiger partial charge in [-0.1, -0.05) is 55.7 Å². The molecule has 5 heteroatoms. The minimum Gasteiger partial charge on any atom is -0.484 e. The lowest BCUT2D eigenvalue weighted by atomic mass is 10.1. The molecule has 1 aliphatic rings. The molecule has 0 radical (unpaired) electrons. The normalized spacial score (nSPS) is 14.8. The summed E-state index contributed by atoms with van der Waals surface area (Å²) in [4.78, 5) is 28.1. The van der Waals surface area contributed by atoms with Crippen LogP contribution < -0.4 is 10.1 Å². The smallest absolute Gasteiger partial charge is 0.261 e. The van der Waals surface area contributed by atoms with E-state index in [1.807, 2.05) is 64.1 Å². The molecule has 1 fully saturated rings. The maximum Gasteiger partial charge on any atom is 0.261 e. The Morgan fingerprint density at radius 2 is 1.62 bits per heavy atom. The summed E-state index contributed by atoms with van der Waals surface area (Å²) in [6, 6.07) is 13.7. The van der Waals surface area contributed by atoms with Gasteiger partial charge in [0.05, 0.1) is 0 Å². The van der Waals surface area contributed by atoms with Crippen molar-refractivity contribution >= 4 is 11.8 Å². The lowest BCUT2D eigenvalue weighted by Gasteiger charge is -2.31. The lowest BCUT2D eigenvalue weighted by Crippen LogP contribution is -2.52. The van der Waals surface area contributed by atoms with Crippen LogP contribution in [-0.2, 0) is 16.1 Å². The van der Waals surface area contributed by atoms with E-state index in [2.05, 4.69) is 11.4 Å². The minimum absolute atomic E-state index is 0.0636. The SMILES string of the molecule is CC[C@@H](C(=O)NC1CCCC1)N(Cc1ccc(C)cc1)C(=O)COc1cc(C)cc(C)c1. The van der Waals surface area contributed by atoms with Gasteiger partial charge in [-0.2, -0.15) is 0 Å². The van der Waals surface area contributed by atoms with E-state index < -0.39 is 6.04 Å². The van der Waals surface area contributed by atoms with Crippen LogP contribution in [0.25, 0.3) is 0 Å². The highest BCUT2D eigenvalue weighted by Gasteiger charge is 2.30. The number of nitrogens with zero attached hydrogens (tertiary/aromatic N) is 1. The molecule has 2 aromatic carbocycles. The second-order valence-corrected chi connectivity index (χ2v) is 9.03. The molecule has 0 unspecified atom stereocenters. The summed E-state index contributed by atoms with van der Waals surface area (Å²) in [5, 5.41) is 3.18. The minimum atomic E-state index is -0.521. The number of amides is 2. The molecular formula is C27H36N2O3. The Labute approximate surface area is 192 Å². The summed E-state index contributed by atoms with van der Waals surface area (Å²) in [7, 11) is 0. The number of hydrogen-bond acceptors (Lipinski definition) is 3. The predicted octanol–water partition coefficient (Wildman–Crippen LogP) is 4.86. The van der Waals surface area contributed by atoms with Crippen molar-refractivity contribution < 1.29 is 14.3 Å². The highest BCUT2D eigenvalue weighted by molar-refractivity contribution is 5.88. The first kappa shape index (κ1) is 23.8. The van der Waals surface area contributed by atoms with Gasteiger partial charge in [0.25, 0.3) is 5.91 Å². The van der Waals surface area contributed by atoms with Crippen LogP contribution in [0.2, 0.25) is 0 Å². The molecule has 32 heavy (non-hydrogen) atoms. The van der Waals surface area contributed by atoms with Crippen LogP contribution in [0.1, 0.15) is 61.3 Å². The fourth-order valence-electron chi connectivity index (χ4n) is 4.42. The van der Waals surface area contributed by atoms with Crippen LogP contribution in [0, 0.1) is 20.8 Å². The molecule has 2 aromatic rings. The molecule has 0 saturated heterocycles. The zero-order valence-corrected chi connectivity index (χ0v) is 19.8. The van der Waals surface area contributed by atoms with Crippen molar-refractivity contribution in [2.24, 2.45) is 0 Å². The zero-order valence-electron chi connectivity index (χ0n) is 19.8. The molecule has 0 bridgehead atoms. The molecule has 1 aliphatic carbocycles. The van der Waals surface area contributed by atoms with Gasteiger partial charge in [-0.15, -0.1) is 0 Å². The predicted molar refractivity (Wildman–Crippen MR) is 128 cm³/mol. The first-order valence-corrected chi connectivity index (χ1v) is 11.7. The van der Waals surface area contributed by atoms with Crippen LogP contribution in [0.3, 0.4) is 0 Å². The Morgan fingerprint density at radius 1 is 1.00 bits per heavy atom. The summed E-state index contributed by atoms with van der Waals surface area (Å²) in [5.74, 6) is 0.430. The Bertz CT molecular complexity index is 897. The fourth-order valence-corrected chi connectivity index (χ4v) is 4.42. The van der Waals surface area contributed by atoms with E-state index in [-0.39, 0.29) is 24.5 Å². The van der Waals surface area contributed by atoms with Crippen LogP contribution in [0.5, 0.6) is 5.75 Å². The fraction of sp³-hybridized carbons (Fsp3) is 0.481. The molecule has 0 aliphatic heterocycles. The summed E-state index contributed by atoms with van der Waals surface area (Å²) in [5.41, 5.74) is 4.34. The first-order valence-electron chi connectivity index (χ1n) is 11.7. The Hall–Kier alpha value is -2.82. The van der Waals surface area contributed by atoms with E-state index in [0.717, 1.165) is 47.9 Å². The third-order valence-corrected chi connectivity index (χ3v) is 6.12. The Balaban J connectivity index is 1.76. The molecule has 5 nitrogen and oxygen atoms in total. The molecule has 1 atom stereocenters. The van der Waals surface area contributed by atoms with Crippen molar-refractivity contribution in [2.75, 3.05) is 6.61 Å². The van der Waals surface area contributed by atoms with Crippen molar-refractivity contribution in [1.82, 2.24) is 10.2 Å². The topological polar surface area (TPSA) is 58.6 Å². The number of nitrogens with one attached hydrogen (secondary N) is 1. The molecule has 0 spiro atoms. The van der Waals surface area contributed by atoms with Crippen LogP contribution in [0.4, 0.5) is 0 Å². The van der Waals surface area contributed by atoms with Crippen molar-refractivity contribution in [2.45, 2.75) is 78.4 Å². The number of carbonyl (C=O) groups excluding carboxylic acids is 2. The monoisotopic (exact) mass is 436 g/mol. The Kier molecular flexibility index (Phi) is 8.32. The number of benzene rings is 2. The van der Waals surface area contributed by atoms with Crippen molar-refractivity contribution in [3.63, 3.8) is 0 Å². The second-order valence-electron chi connectivity index (χ2n) is 9.03. The molecule has 0 heterocycles. The van der Waals surface area contributed by atoms with Gasteiger partial charge in [-0.3, -0.25) is 9.59 Å². The van der Waals surface area contributed by atoms with E-state index in [4.69, 9.17) is 4.74 Å². The third kappa shape index (κ3) is 6.59. The van der Waals surface area contributed by atoms with E-state index in [1.165, 1.54) is 0 Å². The van der Waals surface area contributed by atoms with E-state index >= 15 is 0 Å². The van der Waals surface area contributed by atoms with Crippen molar-refractivity contribution in [1.29, 1.82) is 0 Å². The van der Waals surface area contributed by atoms with Gasteiger partial charge in [0.1, 0.15) is 11.8 Å². The summed E-state index contributed by atoms with van der Waals surface area (Å²) < 4.78 is 5.85. The van der Waals surface area contributed by atoms with Gasteiger partial charge in [0, 0.05) is 12.6 Å². The van der Waals surface area contributed by atoms with Crippen molar-refractivity contribution in [3.8, 4) is 5.75 Å². The van der Waals surface area contributed by atoms with Gasteiger partial charge in [-0.25, -0.2) is 0 Å². The standard InChI is InChI=1S/C27H36N2O3/c1-5-25(27(31)28-23-8-6-7-9-23)29(17-22-12-10-19(2)11-13-22)26(30)18-32-24-15-20(3)14-21(4)16-24/h10-16,23,25H,5-9,17-18H2,1-4H3,(H,28,31)/t25-/m0/s1. The number of ether oxygens (including phenoxy) is 1. The maximum atomic E-state index is 13.3. The number of carbonyl (C=O) groups is 2. The number of rotatable bonds is 9. The second kappa shape index (κ2) is 11.2. The third-order valence-electron chi connectivity index (χ3n) is 6.12. The van der Waals surface area contributed by atoms with Gasteiger partial charge >= 0.3 is 0 Å². The average Bonchev–Trinajstić information content (AvgIpc) is 3.25. The quantitative estimate of drug-likeness (QED) is 0.611. The molecule has 1 saturated carbocycles. The van der Waals surface area contributed by atoms with E-state index in [9.17, 15) is 9.59 Å². The summed E-state index contributed by atoms with van der Waals surface area (Å²) >= 11 is 0. The molecule has 0 aromatic heterocycles. The summed E-state index contributed by atoms with van der Waals surface area (Å²) in [6.45, 7) is 8.29. The van der Waals surface area contributed by atoms with Crippen LogP contribution in [-0.4, -0.2) is 35.4 Å². The Morgan fingerprint density at radius 3 is 2.22 bits per heavy atom. The highest BCUT2D eigenvalue weighted by atomic mass is 16.5. The average molecular weight is 437 g/mol. The molecule has 1 N–H and O–H groups in total. The maximum absolute atomic E-state index is 13.3. The summed E-state index contributed by atoms with van der Waals surface area (Å²) in [6.07, 6.45) is 4.89.